The molecule has 0 spiro atoms. The number of carbonyl (C=O) groups excluding carboxylic acids is 1. The molecule has 2 rings (SSSR count). The van der Waals surface area contributed by atoms with Crippen molar-refractivity contribution in [1.29, 1.82) is 0 Å². The van der Waals surface area contributed by atoms with Crippen LogP contribution < -0.4 is 5.73 Å². The summed E-state index contributed by atoms with van der Waals surface area (Å²) in [5.74, 6) is -0.618. The van der Waals surface area contributed by atoms with Crippen LogP contribution in [-0.2, 0) is 16.6 Å². The van der Waals surface area contributed by atoms with Crippen molar-refractivity contribution in [3.05, 3.63) is 11.7 Å². The largest absolute Gasteiger partial charge is 0.361 e. The summed E-state index contributed by atoms with van der Waals surface area (Å²) < 4.78 is 28.8. The minimum atomic E-state index is -3.13. The molecule has 1 amide bonds. The zero-order valence-corrected chi connectivity index (χ0v) is 11.3. The minimum Gasteiger partial charge on any atom is -0.361 e. The van der Waals surface area contributed by atoms with Gasteiger partial charge < -0.3 is 10.3 Å². The van der Waals surface area contributed by atoms with Gasteiger partial charge in [0.05, 0.1) is 12.8 Å². The third kappa shape index (κ3) is 3.49. The molecule has 10 heteroatoms. The molecule has 0 atom stereocenters. The highest BCUT2D eigenvalue weighted by Crippen LogP contribution is 2.08. The van der Waals surface area contributed by atoms with Crippen LogP contribution in [0.3, 0.4) is 0 Å². The van der Waals surface area contributed by atoms with Gasteiger partial charge in [-0.2, -0.15) is 9.29 Å². The summed E-state index contributed by atoms with van der Waals surface area (Å²) in [7, 11) is -3.13. The number of primary amides is 1. The molecule has 0 aliphatic carbocycles. The predicted molar refractivity (Wildman–Crippen MR) is 64.5 cm³/mol. The summed E-state index contributed by atoms with van der Waals surface area (Å²) in [4.78, 5) is 16.6. The molecule has 1 aromatic heterocycles. The Balaban J connectivity index is 1.90. The molecule has 2 N–H and O–H groups in total. The molecule has 1 saturated heterocycles. The SMILES string of the molecule is CS(=O)(=O)N1CCN(Cc2noc(C(N)=O)n2)CC1. The molecule has 0 bridgehead atoms. The second-order valence-corrected chi connectivity index (χ2v) is 6.30. The van der Waals surface area contributed by atoms with Crippen LogP contribution in [0, 0.1) is 0 Å². The molecule has 1 aromatic rings. The lowest BCUT2D eigenvalue weighted by Crippen LogP contribution is -2.47. The Morgan fingerprint density at radius 1 is 1.37 bits per heavy atom. The van der Waals surface area contributed by atoms with Crippen LogP contribution in [0.4, 0.5) is 0 Å². The van der Waals surface area contributed by atoms with Crippen LogP contribution >= 0.6 is 0 Å². The van der Waals surface area contributed by atoms with Crippen LogP contribution in [0.5, 0.6) is 0 Å². The van der Waals surface area contributed by atoms with E-state index in [1.807, 2.05) is 4.90 Å². The quantitative estimate of drug-likeness (QED) is 0.697. The Bertz CT molecular complexity index is 561. The van der Waals surface area contributed by atoms with Gasteiger partial charge in [-0.05, 0) is 0 Å². The van der Waals surface area contributed by atoms with Gasteiger partial charge in [0.25, 0.3) is 0 Å². The number of aromatic nitrogens is 2. The van der Waals surface area contributed by atoms with Crippen molar-refractivity contribution in [2.75, 3.05) is 32.4 Å². The monoisotopic (exact) mass is 289 g/mol. The second kappa shape index (κ2) is 5.23. The summed E-state index contributed by atoms with van der Waals surface area (Å²) in [6.07, 6.45) is 1.20. The van der Waals surface area contributed by atoms with Gasteiger partial charge in [0, 0.05) is 26.2 Å². The van der Waals surface area contributed by atoms with E-state index in [1.165, 1.54) is 10.6 Å². The maximum absolute atomic E-state index is 11.3. The molecule has 0 saturated carbocycles. The Labute approximate surface area is 110 Å². The molecule has 1 aliphatic rings. The van der Waals surface area contributed by atoms with E-state index in [2.05, 4.69) is 14.7 Å². The van der Waals surface area contributed by atoms with E-state index < -0.39 is 15.9 Å². The van der Waals surface area contributed by atoms with Crippen molar-refractivity contribution in [2.45, 2.75) is 6.54 Å². The highest BCUT2D eigenvalue weighted by Gasteiger charge is 2.24. The standard InChI is InChI=1S/C9H15N5O4S/c1-19(16,17)14-4-2-13(3-5-14)6-7-11-9(8(10)15)18-12-7/h2-6H2,1H3,(H2,10,15). The number of nitrogens with zero attached hydrogens (tertiary/aromatic N) is 4. The van der Waals surface area contributed by atoms with Crippen molar-refractivity contribution in [3.8, 4) is 0 Å². The van der Waals surface area contributed by atoms with Gasteiger partial charge in [0.2, 0.25) is 10.0 Å². The third-order valence-corrected chi connectivity index (χ3v) is 4.15. The number of carbonyl (C=O) groups is 1. The van der Waals surface area contributed by atoms with E-state index in [9.17, 15) is 13.2 Å². The van der Waals surface area contributed by atoms with E-state index in [0.717, 1.165) is 0 Å². The summed E-state index contributed by atoms with van der Waals surface area (Å²) >= 11 is 0. The van der Waals surface area contributed by atoms with E-state index in [1.54, 1.807) is 0 Å². The molecule has 106 valence electrons. The van der Waals surface area contributed by atoms with Crippen molar-refractivity contribution in [3.63, 3.8) is 0 Å². The average Bonchev–Trinajstić information content (AvgIpc) is 2.77. The first-order valence-electron chi connectivity index (χ1n) is 5.66. The van der Waals surface area contributed by atoms with Gasteiger partial charge >= 0.3 is 11.8 Å². The molecule has 19 heavy (non-hydrogen) atoms. The number of hydrogen-bond acceptors (Lipinski definition) is 7. The first-order valence-corrected chi connectivity index (χ1v) is 7.51. The van der Waals surface area contributed by atoms with Crippen molar-refractivity contribution >= 4 is 15.9 Å². The van der Waals surface area contributed by atoms with Gasteiger partial charge in [-0.15, -0.1) is 0 Å². The predicted octanol–water partition coefficient (Wildman–Crippen LogP) is -1.75. The topological polar surface area (TPSA) is 123 Å². The highest BCUT2D eigenvalue weighted by molar-refractivity contribution is 7.88. The summed E-state index contributed by atoms with van der Waals surface area (Å²) in [6.45, 7) is 2.41. The average molecular weight is 289 g/mol. The Morgan fingerprint density at radius 2 is 2.00 bits per heavy atom. The molecule has 9 nitrogen and oxygen atoms in total. The van der Waals surface area contributed by atoms with Gasteiger partial charge in [-0.1, -0.05) is 5.16 Å². The van der Waals surface area contributed by atoms with Gasteiger partial charge in [-0.25, -0.2) is 8.42 Å². The zero-order valence-electron chi connectivity index (χ0n) is 10.4. The van der Waals surface area contributed by atoms with Crippen molar-refractivity contribution < 1.29 is 17.7 Å². The molecule has 1 fully saturated rings. The number of hydrogen-bond donors (Lipinski definition) is 1. The van der Waals surface area contributed by atoms with Crippen molar-refractivity contribution in [2.24, 2.45) is 5.73 Å². The number of rotatable bonds is 4. The summed E-state index contributed by atoms with van der Waals surface area (Å²) in [5, 5.41) is 3.64. The van der Waals surface area contributed by atoms with Gasteiger partial charge in [0.1, 0.15) is 0 Å². The second-order valence-electron chi connectivity index (χ2n) is 4.32. The fraction of sp³-hybridized carbons (Fsp3) is 0.667. The lowest BCUT2D eigenvalue weighted by Gasteiger charge is -2.32. The van der Waals surface area contributed by atoms with Crippen LogP contribution in [0.15, 0.2) is 4.52 Å². The lowest BCUT2D eigenvalue weighted by atomic mass is 10.3. The fourth-order valence-corrected chi connectivity index (χ4v) is 2.66. The van der Waals surface area contributed by atoms with E-state index in [4.69, 9.17) is 5.73 Å². The summed E-state index contributed by atoms with van der Waals surface area (Å²) in [5.41, 5.74) is 5.00. The van der Waals surface area contributed by atoms with Crippen LogP contribution in [0.25, 0.3) is 0 Å². The van der Waals surface area contributed by atoms with Crippen molar-refractivity contribution in [1.82, 2.24) is 19.3 Å². The molecule has 1 aliphatic heterocycles. The lowest BCUT2D eigenvalue weighted by molar-refractivity contribution is 0.0958. The normalized spacial score (nSPS) is 18.6. The molecular formula is C9H15N5O4S. The number of piperazine rings is 1. The first-order chi connectivity index (χ1) is 8.86. The van der Waals surface area contributed by atoms with Gasteiger partial charge in [0.15, 0.2) is 5.82 Å². The maximum Gasteiger partial charge on any atom is 0.315 e. The fourth-order valence-electron chi connectivity index (χ4n) is 1.84. The zero-order chi connectivity index (χ0) is 14.0. The Hall–Kier alpha value is -1.52. The number of nitrogens with two attached hydrogens (primary N) is 1. The molecule has 0 unspecified atom stereocenters. The number of amides is 1. The third-order valence-electron chi connectivity index (χ3n) is 2.84. The molecule has 0 radical (unpaired) electrons. The minimum absolute atomic E-state index is 0.218. The Kier molecular flexibility index (Phi) is 3.83. The summed E-state index contributed by atoms with van der Waals surface area (Å²) in [6, 6.07) is 0. The first kappa shape index (κ1) is 13.9. The molecule has 0 aromatic carbocycles. The van der Waals surface area contributed by atoms with Crippen LogP contribution in [0.1, 0.15) is 16.5 Å². The van der Waals surface area contributed by atoms with Crippen LogP contribution in [0.2, 0.25) is 0 Å². The van der Waals surface area contributed by atoms with E-state index in [-0.39, 0.29) is 5.89 Å². The van der Waals surface area contributed by atoms with E-state index >= 15 is 0 Å². The Morgan fingerprint density at radius 3 is 2.47 bits per heavy atom. The highest BCUT2D eigenvalue weighted by atomic mass is 32.2. The smallest absolute Gasteiger partial charge is 0.315 e. The van der Waals surface area contributed by atoms with Crippen LogP contribution in [-0.4, -0.2) is 66.1 Å². The van der Waals surface area contributed by atoms with E-state index in [0.29, 0.717) is 38.5 Å². The molecular weight excluding hydrogens is 274 g/mol. The number of sulfonamides is 1. The maximum atomic E-state index is 11.3. The van der Waals surface area contributed by atoms with Gasteiger partial charge in [-0.3, -0.25) is 9.69 Å². The molecule has 2 heterocycles.